The second kappa shape index (κ2) is 7.58. The van der Waals surface area contributed by atoms with E-state index in [1.54, 1.807) is 0 Å². The molecule has 2 fully saturated rings. The molecule has 0 radical (unpaired) electrons. The summed E-state index contributed by atoms with van der Waals surface area (Å²) in [5.41, 5.74) is -6.05. The van der Waals surface area contributed by atoms with Crippen LogP contribution >= 0.6 is 0 Å². The molecule has 0 bridgehead atoms. The zero-order chi connectivity index (χ0) is 19.9. The molecule has 0 aromatic heterocycles. The van der Waals surface area contributed by atoms with Crippen LogP contribution in [0.4, 0.5) is 4.39 Å². The van der Waals surface area contributed by atoms with Crippen LogP contribution in [-0.4, -0.2) is 116 Å². The lowest BCUT2D eigenvalue weighted by molar-refractivity contribution is -0.357. The minimum atomic E-state index is -3.12. The zero-order valence-corrected chi connectivity index (χ0v) is 13.9. The fourth-order valence-corrected chi connectivity index (χ4v) is 3.46. The van der Waals surface area contributed by atoms with Crippen LogP contribution in [0.25, 0.3) is 0 Å². The second-order valence-electron chi connectivity index (χ2n) is 6.54. The molecule has 0 aliphatic carbocycles. The van der Waals surface area contributed by atoms with E-state index in [-0.39, 0.29) is 0 Å². The van der Waals surface area contributed by atoms with Gasteiger partial charge >= 0.3 is 0 Å². The lowest BCUT2D eigenvalue weighted by Crippen LogP contribution is -2.84. The maximum absolute atomic E-state index is 15.0. The molecule has 26 heavy (non-hydrogen) atoms. The van der Waals surface area contributed by atoms with E-state index >= 15 is 4.39 Å². The summed E-state index contributed by atoms with van der Waals surface area (Å²) in [6.45, 7) is -1.69. The van der Waals surface area contributed by atoms with Gasteiger partial charge in [-0.2, -0.15) is 0 Å². The summed E-state index contributed by atoms with van der Waals surface area (Å²) >= 11 is 0. The molecule has 11 nitrogen and oxygen atoms in total. The standard InChI is InChI=1S/C14H24FNO10/c1-5(19)16-10-12(22)26-7(3-18)9(15)14(10,24)13(23)4-25-6(2-17)8(20)11(13)21/h6-12,17-18,20-24H,2-4H2,1H3,(H,16,19)/t6-,7-,8+,9-,10-,11+,12+,13-,14+/m1/s1. The minimum absolute atomic E-state index is 0.730. The largest absolute Gasteiger partial charge is 0.394 e. The topological polar surface area (TPSA) is 189 Å². The van der Waals surface area contributed by atoms with E-state index in [1.165, 1.54) is 0 Å². The van der Waals surface area contributed by atoms with Gasteiger partial charge in [-0.3, -0.25) is 4.79 Å². The maximum atomic E-state index is 15.0. The summed E-state index contributed by atoms with van der Waals surface area (Å²) in [4.78, 5) is 11.4. The fraction of sp³-hybridized carbons (Fsp3) is 0.929. The van der Waals surface area contributed by atoms with E-state index in [4.69, 9.17) is 14.6 Å². The van der Waals surface area contributed by atoms with Crippen molar-refractivity contribution in [2.45, 2.75) is 61.0 Å². The minimum Gasteiger partial charge on any atom is -0.394 e. The zero-order valence-electron chi connectivity index (χ0n) is 13.9. The molecule has 2 aliphatic rings. The van der Waals surface area contributed by atoms with Crippen molar-refractivity contribution in [1.29, 1.82) is 0 Å². The molecule has 0 aromatic rings. The molecule has 8 N–H and O–H groups in total. The van der Waals surface area contributed by atoms with Gasteiger partial charge in [-0.1, -0.05) is 0 Å². The summed E-state index contributed by atoms with van der Waals surface area (Å²) in [5.74, 6) is -0.825. The third-order valence-electron chi connectivity index (χ3n) is 4.94. The van der Waals surface area contributed by atoms with Gasteiger partial charge in [-0.25, -0.2) is 4.39 Å². The Bertz CT molecular complexity index is 526. The van der Waals surface area contributed by atoms with Crippen molar-refractivity contribution in [2.24, 2.45) is 0 Å². The van der Waals surface area contributed by atoms with Crippen LogP contribution in [0.1, 0.15) is 6.92 Å². The highest BCUT2D eigenvalue weighted by Gasteiger charge is 2.71. The maximum Gasteiger partial charge on any atom is 0.217 e. The third-order valence-corrected chi connectivity index (χ3v) is 4.94. The molecular weight excluding hydrogens is 361 g/mol. The fourth-order valence-electron chi connectivity index (χ4n) is 3.46. The second-order valence-corrected chi connectivity index (χ2v) is 6.54. The highest BCUT2D eigenvalue weighted by molar-refractivity contribution is 5.73. The number of carbonyl (C=O) groups is 1. The Kier molecular flexibility index (Phi) is 6.22. The van der Waals surface area contributed by atoms with Gasteiger partial charge in [0.25, 0.3) is 0 Å². The van der Waals surface area contributed by atoms with Crippen molar-refractivity contribution >= 4 is 5.91 Å². The molecule has 2 heterocycles. The molecule has 0 spiro atoms. The monoisotopic (exact) mass is 385 g/mol. The van der Waals surface area contributed by atoms with E-state index < -0.39 is 79.8 Å². The first-order valence-corrected chi connectivity index (χ1v) is 7.93. The van der Waals surface area contributed by atoms with Crippen LogP contribution in [0.2, 0.25) is 0 Å². The van der Waals surface area contributed by atoms with E-state index in [9.17, 15) is 35.4 Å². The SMILES string of the molecule is CC(=O)N[C@@H]1[C@@H](O)O[C@H](CO)[C@@H](F)[C@@]1(O)[C@@]1(O)CO[C@H](CO)[C@H](O)[C@@H]1O. The predicted molar refractivity (Wildman–Crippen MR) is 79.2 cm³/mol. The Morgan fingerprint density at radius 2 is 1.77 bits per heavy atom. The lowest BCUT2D eigenvalue weighted by Gasteiger charge is -2.57. The van der Waals surface area contributed by atoms with Crippen LogP contribution < -0.4 is 5.32 Å². The molecule has 9 atom stereocenters. The van der Waals surface area contributed by atoms with Crippen molar-refractivity contribution in [3.05, 3.63) is 0 Å². The van der Waals surface area contributed by atoms with E-state index in [0.29, 0.717) is 0 Å². The Morgan fingerprint density at radius 3 is 2.27 bits per heavy atom. The molecule has 2 aliphatic heterocycles. The quantitative estimate of drug-likeness (QED) is 0.233. The number of aliphatic hydroxyl groups is 7. The molecular formula is C14H24FNO10. The molecule has 0 saturated carbocycles. The first kappa shape index (κ1) is 21.3. The third kappa shape index (κ3) is 3.10. The van der Waals surface area contributed by atoms with Crippen molar-refractivity contribution in [2.75, 3.05) is 19.8 Å². The number of rotatable bonds is 4. The highest BCUT2D eigenvalue weighted by atomic mass is 19.1. The Labute approximate surface area is 147 Å². The number of aliphatic hydroxyl groups excluding tert-OH is 5. The van der Waals surface area contributed by atoms with Gasteiger partial charge in [0.2, 0.25) is 5.91 Å². The molecule has 2 rings (SSSR count). The number of ether oxygens (including phenoxy) is 2. The van der Waals surface area contributed by atoms with Crippen LogP contribution in [0.15, 0.2) is 0 Å². The predicted octanol–water partition coefficient (Wildman–Crippen LogP) is -4.89. The van der Waals surface area contributed by atoms with Gasteiger partial charge in [0, 0.05) is 6.92 Å². The number of halogens is 1. The van der Waals surface area contributed by atoms with Gasteiger partial charge in [0.05, 0.1) is 19.8 Å². The first-order chi connectivity index (χ1) is 12.0. The summed E-state index contributed by atoms with van der Waals surface area (Å²) in [6, 6.07) is -1.97. The number of alkyl halides is 1. The van der Waals surface area contributed by atoms with Gasteiger partial charge < -0.3 is 50.5 Å². The Morgan fingerprint density at radius 1 is 1.19 bits per heavy atom. The molecule has 152 valence electrons. The van der Waals surface area contributed by atoms with E-state index in [2.05, 4.69) is 0 Å². The summed E-state index contributed by atoms with van der Waals surface area (Å²) in [7, 11) is 0. The van der Waals surface area contributed by atoms with Gasteiger partial charge in [0.15, 0.2) is 18.1 Å². The normalized spacial score (nSPS) is 49.7. The van der Waals surface area contributed by atoms with Crippen LogP contribution in [0.5, 0.6) is 0 Å². The molecule has 0 aromatic carbocycles. The number of carbonyl (C=O) groups excluding carboxylic acids is 1. The summed E-state index contributed by atoms with van der Waals surface area (Å²) in [5, 5.41) is 72.7. The average Bonchev–Trinajstić information content (AvgIpc) is 2.59. The molecule has 12 heteroatoms. The van der Waals surface area contributed by atoms with Crippen molar-refractivity contribution < 1.29 is 54.4 Å². The number of nitrogens with one attached hydrogen (secondary N) is 1. The summed E-state index contributed by atoms with van der Waals surface area (Å²) < 4.78 is 24.9. The Balaban J connectivity index is 2.51. The average molecular weight is 385 g/mol. The van der Waals surface area contributed by atoms with E-state index in [1.807, 2.05) is 5.32 Å². The number of amides is 1. The summed E-state index contributed by atoms with van der Waals surface area (Å²) in [6.07, 6.45) is -11.9. The molecule has 0 unspecified atom stereocenters. The number of hydrogen-bond acceptors (Lipinski definition) is 10. The smallest absolute Gasteiger partial charge is 0.217 e. The van der Waals surface area contributed by atoms with Crippen molar-refractivity contribution in [3.8, 4) is 0 Å². The van der Waals surface area contributed by atoms with E-state index in [0.717, 1.165) is 6.92 Å². The first-order valence-electron chi connectivity index (χ1n) is 7.93. The highest BCUT2D eigenvalue weighted by Crippen LogP contribution is 2.44. The number of hydrogen-bond donors (Lipinski definition) is 8. The Hall–Kier alpha value is -0.960. The van der Waals surface area contributed by atoms with Crippen LogP contribution in [-0.2, 0) is 14.3 Å². The van der Waals surface area contributed by atoms with Crippen molar-refractivity contribution in [3.63, 3.8) is 0 Å². The van der Waals surface area contributed by atoms with Gasteiger partial charge in [0.1, 0.15) is 36.1 Å². The molecule has 1 amide bonds. The van der Waals surface area contributed by atoms with Gasteiger partial charge in [-0.05, 0) is 0 Å². The van der Waals surface area contributed by atoms with Crippen molar-refractivity contribution in [1.82, 2.24) is 5.32 Å². The molecule has 2 saturated heterocycles. The van der Waals surface area contributed by atoms with Crippen LogP contribution in [0, 0.1) is 0 Å². The van der Waals surface area contributed by atoms with Gasteiger partial charge in [-0.15, -0.1) is 0 Å². The lowest BCUT2D eigenvalue weighted by atomic mass is 9.66. The van der Waals surface area contributed by atoms with Crippen LogP contribution in [0.3, 0.4) is 0 Å².